The Balaban J connectivity index is 1.72. The number of nitrogens with one attached hydrogen (secondary N) is 1. The number of rotatable bonds is 5. The Morgan fingerprint density at radius 3 is 2.21 bits per heavy atom. The Hall–Kier alpha value is -2.82. The minimum Gasteiger partial charge on any atom is -0.480 e. The Bertz CT molecular complexity index is 850. The number of nitrogens with zero attached hydrogens (tertiary/aromatic N) is 1. The van der Waals surface area contributed by atoms with Crippen molar-refractivity contribution in [2.45, 2.75) is 52.6 Å². The van der Waals surface area contributed by atoms with Gasteiger partial charge in [0.2, 0.25) is 0 Å². The van der Waals surface area contributed by atoms with Gasteiger partial charge in [-0.15, -0.1) is 0 Å². The summed E-state index contributed by atoms with van der Waals surface area (Å²) in [7, 11) is 0. The summed E-state index contributed by atoms with van der Waals surface area (Å²) in [6, 6.07) is 13.1. The largest absolute Gasteiger partial charge is 0.480 e. The molecule has 154 valence electrons. The highest BCUT2D eigenvalue weighted by Crippen LogP contribution is 2.25. The van der Waals surface area contributed by atoms with Gasteiger partial charge in [-0.25, -0.2) is 0 Å². The molecule has 0 aliphatic carbocycles. The van der Waals surface area contributed by atoms with Gasteiger partial charge in [-0.05, 0) is 56.9 Å². The van der Waals surface area contributed by atoms with Crippen LogP contribution in [0.4, 0.5) is 5.69 Å². The number of likely N-dealkylation sites (tertiary alicyclic amines) is 1. The molecule has 0 aromatic heterocycles. The third kappa shape index (κ3) is 5.17. The molecule has 2 aromatic carbocycles. The van der Waals surface area contributed by atoms with Gasteiger partial charge < -0.3 is 15.0 Å². The number of benzene rings is 2. The quantitative estimate of drug-likeness (QED) is 0.798. The van der Waals surface area contributed by atoms with Crippen molar-refractivity contribution in [3.05, 3.63) is 59.2 Å². The lowest BCUT2D eigenvalue weighted by molar-refractivity contribution is -0.122. The van der Waals surface area contributed by atoms with Crippen LogP contribution in [0.1, 0.15) is 54.1 Å². The Kier molecular flexibility index (Phi) is 6.91. The number of hydrogen-bond donors (Lipinski definition) is 1. The Labute approximate surface area is 173 Å². The van der Waals surface area contributed by atoms with E-state index in [1.54, 1.807) is 19.1 Å². The van der Waals surface area contributed by atoms with Crippen molar-refractivity contribution in [2.24, 2.45) is 0 Å². The summed E-state index contributed by atoms with van der Waals surface area (Å²) >= 11 is 0. The zero-order chi connectivity index (χ0) is 20.8. The van der Waals surface area contributed by atoms with Gasteiger partial charge in [-0.2, -0.15) is 0 Å². The molecule has 29 heavy (non-hydrogen) atoms. The number of ether oxygens (including phenoxy) is 1. The first-order chi connectivity index (χ1) is 14.0. The van der Waals surface area contributed by atoms with Gasteiger partial charge >= 0.3 is 0 Å². The van der Waals surface area contributed by atoms with Crippen LogP contribution in [0.2, 0.25) is 0 Å². The highest BCUT2D eigenvalue weighted by atomic mass is 16.5. The van der Waals surface area contributed by atoms with Crippen molar-refractivity contribution in [2.75, 3.05) is 18.4 Å². The molecule has 1 fully saturated rings. The molecule has 0 bridgehead atoms. The molecule has 1 N–H and O–H groups in total. The zero-order valence-electron chi connectivity index (χ0n) is 17.5. The second-order valence-corrected chi connectivity index (χ2v) is 7.72. The van der Waals surface area contributed by atoms with E-state index < -0.39 is 6.10 Å². The van der Waals surface area contributed by atoms with Gasteiger partial charge in [0.05, 0.1) is 11.3 Å². The minimum atomic E-state index is -0.684. The van der Waals surface area contributed by atoms with E-state index in [4.69, 9.17) is 4.74 Å². The highest BCUT2D eigenvalue weighted by molar-refractivity contribution is 6.04. The van der Waals surface area contributed by atoms with Crippen LogP contribution in [0.15, 0.2) is 42.5 Å². The standard InChI is InChI=1S/C24H30N2O3/c1-17-11-10-12-18(2)22(17)29-19(3)23(27)25-21-14-7-6-13-20(21)24(28)26-15-8-4-5-9-16-26/h6-7,10-14,19H,4-5,8-9,15-16H2,1-3H3,(H,25,27). The molecule has 5 heteroatoms. The predicted molar refractivity (Wildman–Crippen MR) is 115 cm³/mol. The molecule has 1 unspecified atom stereocenters. The molecule has 3 rings (SSSR count). The van der Waals surface area contributed by atoms with Gasteiger partial charge in [0.1, 0.15) is 5.75 Å². The zero-order valence-corrected chi connectivity index (χ0v) is 17.5. The summed E-state index contributed by atoms with van der Waals surface area (Å²) in [4.78, 5) is 27.7. The molecule has 2 amide bonds. The second-order valence-electron chi connectivity index (χ2n) is 7.72. The lowest BCUT2D eigenvalue weighted by Crippen LogP contribution is -2.34. The maximum absolute atomic E-state index is 13.0. The van der Waals surface area contributed by atoms with Gasteiger partial charge in [0, 0.05) is 13.1 Å². The number of carbonyl (C=O) groups excluding carboxylic acids is 2. The highest BCUT2D eigenvalue weighted by Gasteiger charge is 2.23. The van der Waals surface area contributed by atoms with E-state index in [0.29, 0.717) is 11.3 Å². The average Bonchev–Trinajstić information content (AvgIpc) is 3.00. The minimum absolute atomic E-state index is 0.0221. The number of amides is 2. The molecule has 1 heterocycles. The average molecular weight is 395 g/mol. The third-order valence-electron chi connectivity index (χ3n) is 5.38. The van der Waals surface area contributed by atoms with Crippen molar-refractivity contribution < 1.29 is 14.3 Å². The second kappa shape index (κ2) is 9.59. The summed E-state index contributed by atoms with van der Waals surface area (Å²) in [6.45, 7) is 7.19. The first-order valence-electron chi connectivity index (χ1n) is 10.4. The lowest BCUT2D eigenvalue weighted by Gasteiger charge is -2.23. The summed E-state index contributed by atoms with van der Waals surface area (Å²) in [5.74, 6) is 0.430. The van der Waals surface area contributed by atoms with Gasteiger partial charge in [0.15, 0.2) is 6.10 Å². The van der Waals surface area contributed by atoms with Crippen LogP contribution < -0.4 is 10.1 Å². The van der Waals surface area contributed by atoms with Crippen LogP contribution in [0, 0.1) is 13.8 Å². The van der Waals surface area contributed by atoms with Crippen LogP contribution >= 0.6 is 0 Å². The van der Waals surface area contributed by atoms with E-state index in [2.05, 4.69) is 5.32 Å². The van der Waals surface area contributed by atoms with E-state index in [1.807, 2.05) is 49.1 Å². The lowest BCUT2D eigenvalue weighted by atomic mass is 10.1. The summed E-state index contributed by atoms with van der Waals surface area (Å²) in [5.41, 5.74) is 3.04. The van der Waals surface area contributed by atoms with E-state index in [-0.39, 0.29) is 11.8 Å². The molecule has 1 atom stereocenters. The SMILES string of the molecule is Cc1cccc(C)c1OC(C)C(=O)Nc1ccccc1C(=O)N1CCCCCC1. The fraction of sp³-hybridized carbons (Fsp3) is 0.417. The van der Waals surface area contributed by atoms with Crippen molar-refractivity contribution >= 4 is 17.5 Å². The number of hydrogen-bond acceptors (Lipinski definition) is 3. The van der Waals surface area contributed by atoms with Crippen LogP contribution in [0.3, 0.4) is 0 Å². The molecule has 2 aromatic rings. The predicted octanol–water partition coefficient (Wildman–Crippen LogP) is 4.73. The van der Waals surface area contributed by atoms with Crippen molar-refractivity contribution in [1.29, 1.82) is 0 Å². The maximum atomic E-state index is 13.0. The first-order valence-corrected chi connectivity index (χ1v) is 10.4. The molecular weight excluding hydrogens is 364 g/mol. The van der Waals surface area contributed by atoms with Crippen LogP contribution in [0.5, 0.6) is 5.75 Å². The molecule has 1 saturated heterocycles. The monoisotopic (exact) mass is 394 g/mol. The first kappa shape index (κ1) is 20.9. The van der Waals surface area contributed by atoms with Gasteiger partial charge in [-0.3, -0.25) is 9.59 Å². The maximum Gasteiger partial charge on any atom is 0.265 e. The van der Waals surface area contributed by atoms with Crippen LogP contribution in [-0.4, -0.2) is 35.9 Å². The normalized spacial score (nSPS) is 15.3. The van der Waals surface area contributed by atoms with Gasteiger partial charge in [-0.1, -0.05) is 43.2 Å². The number of aryl methyl sites for hydroxylation is 2. The van der Waals surface area contributed by atoms with Crippen LogP contribution in [0.25, 0.3) is 0 Å². The van der Waals surface area contributed by atoms with Crippen molar-refractivity contribution in [1.82, 2.24) is 4.90 Å². The molecule has 5 nitrogen and oxygen atoms in total. The number of carbonyl (C=O) groups is 2. The molecule has 1 aliphatic rings. The summed E-state index contributed by atoms with van der Waals surface area (Å²) < 4.78 is 5.94. The molecule has 0 saturated carbocycles. The molecular formula is C24H30N2O3. The topological polar surface area (TPSA) is 58.6 Å². The fourth-order valence-electron chi connectivity index (χ4n) is 3.67. The number of anilines is 1. The smallest absolute Gasteiger partial charge is 0.265 e. The van der Waals surface area contributed by atoms with E-state index in [1.165, 1.54) is 0 Å². The van der Waals surface area contributed by atoms with Crippen molar-refractivity contribution in [3.8, 4) is 5.75 Å². The molecule has 0 spiro atoms. The number of para-hydroxylation sites is 2. The van der Waals surface area contributed by atoms with E-state index >= 15 is 0 Å². The van der Waals surface area contributed by atoms with Crippen molar-refractivity contribution in [3.63, 3.8) is 0 Å². The van der Waals surface area contributed by atoms with E-state index in [9.17, 15) is 9.59 Å². The summed E-state index contributed by atoms with van der Waals surface area (Å²) in [5, 5.41) is 2.89. The van der Waals surface area contributed by atoms with Crippen LogP contribution in [-0.2, 0) is 4.79 Å². The Morgan fingerprint density at radius 1 is 0.931 bits per heavy atom. The Morgan fingerprint density at radius 2 is 1.55 bits per heavy atom. The fourth-order valence-corrected chi connectivity index (χ4v) is 3.67. The third-order valence-corrected chi connectivity index (χ3v) is 5.38. The van der Waals surface area contributed by atoms with E-state index in [0.717, 1.165) is 55.6 Å². The molecule has 0 radical (unpaired) electrons. The molecule has 1 aliphatic heterocycles. The van der Waals surface area contributed by atoms with Gasteiger partial charge in [0.25, 0.3) is 11.8 Å². The summed E-state index contributed by atoms with van der Waals surface area (Å²) in [6.07, 6.45) is 3.70.